The molecular weight excluding hydrogens is 1480 g/mol. The largest absolute Gasteiger partial charge is 0.453 e. The zero-order chi connectivity index (χ0) is 85.8. The topological polar surface area (TPSA) is 291 Å². The molecule has 0 bridgehead atoms. The SMILES string of the molecule is CC[C@@H](C(=O)C(C)C(=O)[C@H](C)[C@@H]1O[C@@H]([C@@H](CC)C(C)=O)CC[C@@H]1C)[C@H]1O[C@]2(C=C[C@@H](OC(C)=O)[C@]3(CC[C@@](C)([C@H]4CC[C@](O)(CC)[C@H](C)O4)O3)O2)[C@H](C)C[C@@H]1C.CC[C@@H](C(=O)[C@@H](C)[C@@H](O)[C@H](C)[C@@H]1O[C@@H]([C@@H](CC)C(C)=O)CC[C@@H]1C)[C@H]1O[C@]2(C=C[C@@H](OC(C)=O)[C@]3(CC[C@@](C)([C@H]4CC[C@](O)(CC)[C@H](C)O4)O3)O2)[C@H](C)C[C@@H]1C.[2H]CP. The van der Waals surface area contributed by atoms with Gasteiger partial charge in [-0.05, 0) is 212 Å². The zero-order valence-corrected chi connectivity index (χ0v) is 75.1. The van der Waals surface area contributed by atoms with Crippen LogP contribution in [0, 0.1) is 82.9 Å². The molecule has 0 aromatic carbocycles. The second-order valence-corrected chi connectivity index (χ2v) is 37.3. The van der Waals surface area contributed by atoms with E-state index in [9.17, 15) is 48.9 Å². The second kappa shape index (κ2) is 38.8. The van der Waals surface area contributed by atoms with Crippen LogP contribution in [0.25, 0.3) is 0 Å². The second-order valence-electron chi connectivity index (χ2n) is 37.3. The molecule has 23 heteroatoms. The highest BCUT2D eigenvalue weighted by Crippen LogP contribution is 2.58. The molecule has 8 fully saturated rings. The molecule has 36 atom stereocenters. The zero-order valence-electron chi connectivity index (χ0n) is 74.9. The molecule has 0 radical (unpaired) electrons. The molecular formula is C91H151O22P. The number of aliphatic hydroxyl groups is 3. The van der Waals surface area contributed by atoms with E-state index in [4.69, 9.17) is 58.2 Å². The number of aliphatic hydroxyl groups excluding tert-OH is 1. The van der Waals surface area contributed by atoms with Gasteiger partial charge in [-0.15, -0.1) is 9.24 Å². The summed E-state index contributed by atoms with van der Waals surface area (Å²) in [5.74, 6) is -10.2. The van der Waals surface area contributed by atoms with Gasteiger partial charge >= 0.3 is 11.9 Å². The molecule has 652 valence electrons. The lowest BCUT2D eigenvalue weighted by atomic mass is 9.72. The summed E-state index contributed by atoms with van der Waals surface area (Å²) in [5, 5.41) is 34.1. The quantitative estimate of drug-likeness (QED) is 0.0314. The number of hydrogen-bond donors (Lipinski definition) is 3. The normalized spacial score (nSPS) is 43.3. The Hall–Kier alpha value is -3.32. The van der Waals surface area contributed by atoms with Crippen LogP contribution in [0.5, 0.6) is 0 Å². The van der Waals surface area contributed by atoms with Gasteiger partial charge in [0.1, 0.15) is 28.9 Å². The third-order valence-electron chi connectivity index (χ3n) is 29.6. The summed E-state index contributed by atoms with van der Waals surface area (Å²) in [6, 6.07) is 0. The molecule has 8 saturated heterocycles. The van der Waals surface area contributed by atoms with E-state index in [-0.39, 0.29) is 131 Å². The highest BCUT2D eigenvalue weighted by Gasteiger charge is 2.67. The molecule has 10 rings (SSSR count). The highest BCUT2D eigenvalue weighted by atomic mass is 31.0. The van der Waals surface area contributed by atoms with Gasteiger partial charge in [-0.1, -0.05) is 110 Å². The van der Waals surface area contributed by atoms with Gasteiger partial charge in [0.05, 0.1) is 95.5 Å². The molecule has 114 heavy (non-hydrogen) atoms. The molecule has 4 spiro atoms. The molecule has 0 aliphatic carbocycles. The Bertz CT molecular complexity index is 3370. The lowest BCUT2D eigenvalue weighted by Gasteiger charge is -2.54. The fourth-order valence-electron chi connectivity index (χ4n) is 21.8. The van der Waals surface area contributed by atoms with Gasteiger partial charge in [0.25, 0.3) is 0 Å². The van der Waals surface area contributed by atoms with Crippen LogP contribution in [0.4, 0.5) is 0 Å². The molecule has 0 amide bonds. The van der Waals surface area contributed by atoms with Crippen LogP contribution in [0.1, 0.15) is 296 Å². The summed E-state index contributed by atoms with van der Waals surface area (Å²) in [6.07, 6.45) is 13.8. The minimum absolute atomic E-state index is 0.00894. The van der Waals surface area contributed by atoms with Crippen LogP contribution in [0.3, 0.4) is 0 Å². The van der Waals surface area contributed by atoms with Crippen molar-refractivity contribution in [2.75, 3.05) is 6.64 Å². The minimum atomic E-state index is -1.38. The van der Waals surface area contributed by atoms with Gasteiger partial charge in [0.15, 0.2) is 23.8 Å². The van der Waals surface area contributed by atoms with Crippen LogP contribution in [-0.2, 0) is 90.4 Å². The van der Waals surface area contributed by atoms with Crippen LogP contribution in [-0.4, -0.2) is 188 Å². The van der Waals surface area contributed by atoms with Gasteiger partial charge < -0.3 is 72.2 Å². The van der Waals surface area contributed by atoms with Crippen molar-refractivity contribution >= 4 is 50.1 Å². The average molecular weight is 1630 g/mol. The van der Waals surface area contributed by atoms with Gasteiger partial charge in [0.2, 0.25) is 11.6 Å². The van der Waals surface area contributed by atoms with E-state index in [1.54, 1.807) is 20.8 Å². The van der Waals surface area contributed by atoms with Gasteiger partial charge in [-0.3, -0.25) is 33.6 Å². The predicted molar refractivity (Wildman–Crippen MR) is 437 cm³/mol. The van der Waals surface area contributed by atoms with Crippen molar-refractivity contribution in [3.63, 3.8) is 0 Å². The van der Waals surface area contributed by atoms with E-state index in [2.05, 4.69) is 50.8 Å². The van der Waals surface area contributed by atoms with Gasteiger partial charge in [0, 0.05) is 81.3 Å². The van der Waals surface area contributed by atoms with Crippen molar-refractivity contribution < 1.29 is 107 Å². The Morgan fingerprint density at radius 3 is 1.23 bits per heavy atom. The Morgan fingerprint density at radius 1 is 0.491 bits per heavy atom. The minimum Gasteiger partial charge on any atom is -0.453 e. The first kappa shape index (κ1) is 94.5. The molecule has 0 saturated carbocycles. The van der Waals surface area contributed by atoms with Crippen molar-refractivity contribution in [2.24, 2.45) is 82.9 Å². The summed E-state index contributed by atoms with van der Waals surface area (Å²) in [7, 11) is 2.25. The smallest absolute Gasteiger partial charge is 0.303 e. The molecule has 3 N–H and O–H groups in total. The predicted octanol–water partition coefficient (Wildman–Crippen LogP) is 15.2. The first-order valence-corrected chi connectivity index (χ1v) is 44.9. The Morgan fingerprint density at radius 2 is 0.868 bits per heavy atom. The number of carbonyl (C=O) groups is 7. The monoisotopic (exact) mass is 1630 g/mol. The van der Waals surface area contributed by atoms with Crippen molar-refractivity contribution in [3.05, 3.63) is 24.3 Å². The summed E-state index contributed by atoms with van der Waals surface area (Å²) in [4.78, 5) is 92.9. The summed E-state index contributed by atoms with van der Waals surface area (Å²) < 4.78 is 86.1. The first-order chi connectivity index (χ1) is 53.8. The van der Waals surface area contributed by atoms with Crippen LogP contribution in [0.2, 0.25) is 0 Å². The van der Waals surface area contributed by atoms with E-state index in [1.807, 2.05) is 114 Å². The number of esters is 2. The van der Waals surface area contributed by atoms with Crippen molar-refractivity contribution in [1.82, 2.24) is 0 Å². The maximum atomic E-state index is 14.6. The number of ketones is 5. The third-order valence-corrected chi connectivity index (χ3v) is 29.6. The van der Waals surface area contributed by atoms with Crippen LogP contribution >= 0.6 is 9.24 Å². The van der Waals surface area contributed by atoms with E-state index in [0.29, 0.717) is 109 Å². The van der Waals surface area contributed by atoms with Gasteiger partial charge in [-0.2, -0.15) is 0 Å². The fourth-order valence-corrected chi connectivity index (χ4v) is 21.8. The van der Waals surface area contributed by atoms with Gasteiger partial charge in [-0.25, -0.2) is 0 Å². The Kier molecular flexibility index (Phi) is 32.2. The number of hydrogen-bond acceptors (Lipinski definition) is 22. The van der Waals surface area contributed by atoms with Crippen LogP contribution < -0.4 is 0 Å². The van der Waals surface area contributed by atoms with Crippen molar-refractivity contribution in [3.8, 4) is 0 Å². The molecule has 10 aliphatic heterocycles. The molecule has 0 aromatic rings. The summed E-state index contributed by atoms with van der Waals surface area (Å²) in [5.41, 5.74) is -3.38. The van der Waals surface area contributed by atoms with Crippen LogP contribution in [0.15, 0.2) is 24.3 Å². The number of rotatable bonds is 26. The molecule has 2 unspecified atom stereocenters. The Labute approximate surface area is 687 Å². The Balaban J connectivity index is 0.000000278. The third kappa shape index (κ3) is 19.7. The molecule has 10 heterocycles. The van der Waals surface area contributed by atoms with E-state index in [0.717, 1.165) is 25.7 Å². The summed E-state index contributed by atoms with van der Waals surface area (Å²) in [6.45, 7) is 46.0. The lowest BCUT2D eigenvalue weighted by molar-refractivity contribution is -0.409. The number of ether oxygens (including phenoxy) is 12. The van der Waals surface area contributed by atoms with Crippen molar-refractivity contribution in [1.29, 1.82) is 0 Å². The standard InChI is InChI=1S/C45H74O11.C45H72O11.CH5P/c2*1-13-33(30(9)46)35-17-16-25(4)40(53-35)29(8)38(48)28(7)39(49)34(14-2)41-26(5)24-27(6)44(54-41)21-19-37(52-32(11)47)45(56-44)23-22-42(12,55-45)36-18-20-43(50,15-3)31(10)51-36;1-2/h19,21,25-29,31,33-38,40-41,48,50H,13-18,20,22-24H2,1-12H3;19,21,25-29,31,33-37,40-41,50H,13-18,20,22-24H2,1-12H3;2H2,1H3/t25-,26-,27+,28-,29-,31-,33-,34-,35+,36+,37+,38+,40+,41-,42-,43+,44-,45-;25-,26-,27+,28?,29-,31-,33-,34-,35+,36+,37+,40+,41-,42-,43+,44-,45-;/m00./s1/i;;1D. The highest BCUT2D eigenvalue weighted by molar-refractivity contribution is 7.15. The summed E-state index contributed by atoms with van der Waals surface area (Å²) >= 11 is 0. The van der Waals surface area contributed by atoms with E-state index in [1.165, 1.54) is 13.8 Å². The molecule has 10 aliphatic rings. The molecule has 0 aromatic heterocycles. The maximum Gasteiger partial charge on any atom is 0.303 e. The number of carbonyl (C=O) groups excluding carboxylic acids is 7. The fraction of sp³-hybridized carbons (Fsp3) is 0.879. The molecule has 22 nitrogen and oxygen atoms in total. The first-order valence-electron chi connectivity index (χ1n) is 44.8. The maximum absolute atomic E-state index is 14.6. The van der Waals surface area contributed by atoms with E-state index >= 15 is 0 Å². The lowest BCUT2D eigenvalue weighted by Crippen LogP contribution is -2.63. The van der Waals surface area contributed by atoms with E-state index < -0.39 is 118 Å². The van der Waals surface area contributed by atoms with Crippen molar-refractivity contribution in [2.45, 2.75) is 419 Å². The average Bonchev–Trinajstić information content (AvgIpc) is 1.68. The number of Topliss-reactive ketones (excluding diaryl/α,β-unsaturated/α-hetero) is 5.